The molecule has 0 saturated carbocycles. The second kappa shape index (κ2) is 9.06. The summed E-state index contributed by atoms with van der Waals surface area (Å²) < 4.78 is 15.1. The van der Waals surface area contributed by atoms with Crippen LogP contribution in [-0.2, 0) is 0 Å². The molecule has 3 heterocycles. The number of aromatic nitrogens is 1. The van der Waals surface area contributed by atoms with Crippen molar-refractivity contribution in [1.29, 1.82) is 0 Å². The van der Waals surface area contributed by atoms with E-state index < -0.39 is 0 Å². The van der Waals surface area contributed by atoms with Crippen LogP contribution in [0.2, 0.25) is 0 Å². The first kappa shape index (κ1) is 25.5. The molecule has 49 heavy (non-hydrogen) atoms. The van der Waals surface area contributed by atoms with E-state index in [0.29, 0.717) is 0 Å². The van der Waals surface area contributed by atoms with Gasteiger partial charge in [-0.3, -0.25) is 0 Å². The highest BCUT2D eigenvalue weighted by molar-refractivity contribution is 6.20. The van der Waals surface area contributed by atoms with Gasteiger partial charge in [0.1, 0.15) is 22.3 Å². The average Bonchev–Trinajstić information content (AvgIpc) is 3.89. The van der Waals surface area contributed by atoms with Crippen LogP contribution < -0.4 is 0 Å². The molecule has 0 unspecified atom stereocenters. The minimum absolute atomic E-state index is 0.885. The second-order valence-corrected chi connectivity index (χ2v) is 13.2. The van der Waals surface area contributed by atoms with Crippen molar-refractivity contribution >= 4 is 76.5 Å². The molecule has 1 aliphatic carbocycles. The van der Waals surface area contributed by atoms with E-state index >= 15 is 0 Å². The zero-order chi connectivity index (χ0) is 31.8. The lowest BCUT2D eigenvalue weighted by Crippen LogP contribution is -1.93. The third-order valence-electron chi connectivity index (χ3n) is 10.7. The van der Waals surface area contributed by atoms with Gasteiger partial charge in [0.15, 0.2) is 0 Å². The van der Waals surface area contributed by atoms with Crippen LogP contribution >= 0.6 is 0 Å². The molecular weight excluding hydrogens is 599 g/mol. The SMILES string of the molecule is c1ccc2c(c1)-c1cccc3c(-c4ccc5oc6ccc(-n7c8ccccc8c8cc9oc%10ccccc%10c9cc87)cc6c5c4)ccc-2c13. The molecule has 0 atom stereocenters. The molecule has 0 fully saturated rings. The molecule has 1 aliphatic rings. The van der Waals surface area contributed by atoms with Gasteiger partial charge in [0.05, 0.1) is 11.0 Å². The van der Waals surface area contributed by atoms with E-state index in [1.54, 1.807) is 0 Å². The van der Waals surface area contributed by atoms with E-state index in [0.717, 1.165) is 60.6 Å². The summed E-state index contributed by atoms with van der Waals surface area (Å²) in [5.74, 6) is 0. The normalized spacial score (nSPS) is 12.5. The van der Waals surface area contributed by atoms with Crippen LogP contribution in [-0.4, -0.2) is 4.57 Å². The molecule has 0 amide bonds. The molecule has 3 aromatic heterocycles. The van der Waals surface area contributed by atoms with E-state index in [9.17, 15) is 0 Å². The first-order valence-corrected chi connectivity index (χ1v) is 16.8. The molecule has 12 rings (SSSR count). The summed E-state index contributed by atoms with van der Waals surface area (Å²) in [6, 6.07) is 54.7. The van der Waals surface area contributed by atoms with Crippen LogP contribution in [0.15, 0.2) is 160 Å². The van der Waals surface area contributed by atoms with Gasteiger partial charge >= 0.3 is 0 Å². The maximum absolute atomic E-state index is 6.44. The Morgan fingerprint density at radius 2 is 0.959 bits per heavy atom. The first-order chi connectivity index (χ1) is 24.3. The minimum Gasteiger partial charge on any atom is -0.456 e. The number of hydrogen-bond acceptors (Lipinski definition) is 2. The zero-order valence-electron chi connectivity index (χ0n) is 26.2. The van der Waals surface area contributed by atoms with Crippen molar-refractivity contribution in [2.75, 3.05) is 0 Å². The highest BCUT2D eigenvalue weighted by Crippen LogP contribution is 2.49. The molecule has 226 valence electrons. The van der Waals surface area contributed by atoms with Crippen molar-refractivity contribution in [3.63, 3.8) is 0 Å². The van der Waals surface area contributed by atoms with Crippen molar-refractivity contribution in [2.24, 2.45) is 0 Å². The molecule has 0 aliphatic heterocycles. The summed E-state index contributed by atoms with van der Waals surface area (Å²) in [6.07, 6.45) is 0. The van der Waals surface area contributed by atoms with Crippen LogP contribution in [0.4, 0.5) is 0 Å². The second-order valence-electron chi connectivity index (χ2n) is 13.2. The molecule has 3 nitrogen and oxygen atoms in total. The van der Waals surface area contributed by atoms with Gasteiger partial charge in [-0.25, -0.2) is 0 Å². The lowest BCUT2D eigenvalue weighted by Gasteiger charge is -2.10. The zero-order valence-corrected chi connectivity index (χ0v) is 26.2. The van der Waals surface area contributed by atoms with Crippen molar-refractivity contribution in [3.05, 3.63) is 152 Å². The summed E-state index contributed by atoms with van der Waals surface area (Å²) in [5.41, 5.74) is 14.7. The van der Waals surface area contributed by atoms with Crippen LogP contribution in [0, 0.1) is 0 Å². The fourth-order valence-corrected chi connectivity index (χ4v) is 8.60. The topological polar surface area (TPSA) is 31.2 Å². The van der Waals surface area contributed by atoms with Gasteiger partial charge in [-0.05, 0) is 98.8 Å². The largest absolute Gasteiger partial charge is 0.456 e. The van der Waals surface area contributed by atoms with Gasteiger partial charge in [-0.1, -0.05) is 97.1 Å². The maximum atomic E-state index is 6.44. The molecule has 0 spiro atoms. The Kier molecular flexibility index (Phi) is 4.72. The van der Waals surface area contributed by atoms with E-state index in [4.69, 9.17) is 8.83 Å². The molecule has 0 radical (unpaired) electrons. The van der Waals surface area contributed by atoms with Gasteiger partial charge in [-0.2, -0.15) is 0 Å². The smallest absolute Gasteiger partial charge is 0.136 e. The molecule has 3 heteroatoms. The van der Waals surface area contributed by atoms with E-state index in [-0.39, 0.29) is 0 Å². The molecule has 0 N–H and O–H groups in total. The number of nitrogens with zero attached hydrogens (tertiary/aromatic N) is 1. The maximum Gasteiger partial charge on any atom is 0.136 e. The number of hydrogen-bond donors (Lipinski definition) is 0. The summed E-state index contributed by atoms with van der Waals surface area (Å²) >= 11 is 0. The fourth-order valence-electron chi connectivity index (χ4n) is 8.60. The van der Waals surface area contributed by atoms with Crippen LogP contribution in [0.3, 0.4) is 0 Å². The van der Waals surface area contributed by atoms with Gasteiger partial charge in [0.25, 0.3) is 0 Å². The number of fused-ring (bicyclic) bond motifs is 12. The average molecular weight is 624 g/mol. The molecule has 11 aromatic rings. The summed E-state index contributed by atoms with van der Waals surface area (Å²) in [5, 5.41) is 9.48. The Morgan fingerprint density at radius 1 is 0.327 bits per heavy atom. The van der Waals surface area contributed by atoms with Crippen LogP contribution in [0.1, 0.15) is 0 Å². The molecule has 0 bridgehead atoms. The van der Waals surface area contributed by atoms with E-state index in [1.807, 2.05) is 12.1 Å². The molecular formula is C46H25NO2. The van der Waals surface area contributed by atoms with Crippen molar-refractivity contribution < 1.29 is 8.83 Å². The van der Waals surface area contributed by atoms with Crippen molar-refractivity contribution in [1.82, 2.24) is 4.57 Å². The Labute approximate surface area is 279 Å². The number of para-hydroxylation sites is 2. The van der Waals surface area contributed by atoms with Gasteiger partial charge in [0.2, 0.25) is 0 Å². The number of furan rings is 2. The number of benzene rings is 8. The minimum atomic E-state index is 0.885. The summed E-state index contributed by atoms with van der Waals surface area (Å²) in [4.78, 5) is 0. The molecule has 0 saturated heterocycles. The third-order valence-corrected chi connectivity index (χ3v) is 10.7. The van der Waals surface area contributed by atoms with Gasteiger partial charge in [-0.15, -0.1) is 0 Å². The van der Waals surface area contributed by atoms with E-state index in [2.05, 4.69) is 144 Å². The predicted molar refractivity (Wildman–Crippen MR) is 203 cm³/mol. The summed E-state index contributed by atoms with van der Waals surface area (Å²) in [6.45, 7) is 0. The van der Waals surface area contributed by atoms with Gasteiger partial charge in [0, 0.05) is 38.0 Å². The molecule has 8 aromatic carbocycles. The Morgan fingerprint density at radius 3 is 1.86 bits per heavy atom. The monoisotopic (exact) mass is 623 g/mol. The highest BCUT2D eigenvalue weighted by atomic mass is 16.3. The van der Waals surface area contributed by atoms with Crippen molar-refractivity contribution in [3.8, 4) is 39.1 Å². The number of rotatable bonds is 2. The quantitative estimate of drug-likeness (QED) is 0.192. The lowest BCUT2D eigenvalue weighted by molar-refractivity contribution is 0.669. The van der Waals surface area contributed by atoms with Crippen molar-refractivity contribution in [2.45, 2.75) is 0 Å². The standard InChI is InChI=1S/C46H25NO2/c1-2-9-30-29(8-1)34-13-7-12-33-28(18-19-35(30)46(33)34)26-16-20-43-37(22-26)38-23-27(17-21-44(38)48-43)47-40-14-5-3-10-31(40)36-25-45-39(24-41(36)47)32-11-4-6-15-42(32)49-45/h1-25H. The highest BCUT2D eigenvalue weighted by Gasteiger charge is 2.23. The van der Waals surface area contributed by atoms with Gasteiger partial charge < -0.3 is 13.4 Å². The lowest BCUT2D eigenvalue weighted by atomic mass is 9.93. The van der Waals surface area contributed by atoms with E-state index in [1.165, 1.54) is 54.9 Å². The fraction of sp³-hybridized carbons (Fsp3) is 0. The first-order valence-electron chi connectivity index (χ1n) is 16.8. The Bertz CT molecular complexity index is 3190. The Hall–Kier alpha value is -6.58. The van der Waals surface area contributed by atoms with Crippen LogP contribution in [0.25, 0.3) is 116 Å². The summed E-state index contributed by atoms with van der Waals surface area (Å²) in [7, 11) is 0. The van der Waals surface area contributed by atoms with Crippen LogP contribution in [0.5, 0.6) is 0 Å². The third kappa shape index (κ3) is 3.31. The predicted octanol–water partition coefficient (Wildman–Crippen LogP) is 13.1. The Balaban J connectivity index is 1.09.